The highest BCUT2D eigenvalue weighted by molar-refractivity contribution is 5.33. The third kappa shape index (κ3) is 3.75. The highest BCUT2D eigenvalue weighted by atomic mass is 19.4. The topological polar surface area (TPSA) is 35.2 Å². The first-order valence-electron chi connectivity index (χ1n) is 4.10. The van der Waals surface area contributed by atoms with Gasteiger partial charge in [-0.2, -0.15) is 13.2 Å². The molecule has 0 saturated heterocycles. The molecule has 0 atom stereocenters. The molecule has 1 rings (SSSR count). The molecule has 0 amide bonds. The summed E-state index contributed by atoms with van der Waals surface area (Å²) in [6.07, 6.45) is -4.42. The average Bonchev–Trinajstić information content (AvgIpc) is 2.14. The zero-order valence-corrected chi connectivity index (χ0v) is 7.64. The largest absolute Gasteiger partial charge is 0.484 e. The minimum absolute atomic E-state index is 0.0452. The number of benzene rings is 1. The van der Waals surface area contributed by atoms with Gasteiger partial charge < -0.3 is 10.5 Å². The van der Waals surface area contributed by atoms with E-state index in [2.05, 4.69) is 4.74 Å². The molecule has 0 aliphatic carbocycles. The number of rotatable bonds is 3. The third-order valence-electron chi connectivity index (χ3n) is 1.63. The van der Waals surface area contributed by atoms with Gasteiger partial charge in [0.2, 0.25) is 0 Å². The van der Waals surface area contributed by atoms with Gasteiger partial charge in [-0.1, -0.05) is 0 Å². The Balaban J connectivity index is 2.76. The number of halogens is 4. The predicted octanol–water partition coefficient (Wildman–Crippen LogP) is 2.23. The standard InChI is InChI=1S/C9H9F4NO/c10-7-1-2-8(6(3-7)4-14)15-5-9(11,12)13/h1-3H,4-5,14H2. The van der Waals surface area contributed by atoms with E-state index in [1.807, 2.05) is 0 Å². The highest BCUT2D eigenvalue weighted by Crippen LogP contribution is 2.22. The van der Waals surface area contributed by atoms with Crippen molar-refractivity contribution in [2.45, 2.75) is 12.7 Å². The summed E-state index contributed by atoms with van der Waals surface area (Å²) in [6, 6.07) is 3.19. The van der Waals surface area contributed by atoms with Crippen LogP contribution in [0.3, 0.4) is 0 Å². The predicted molar refractivity (Wildman–Crippen MR) is 45.8 cm³/mol. The summed E-state index contributed by atoms with van der Waals surface area (Å²) in [5, 5.41) is 0. The van der Waals surface area contributed by atoms with Gasteiger partial charge in [0.25, 0.3) is 0 Å². The van der Waals surface area contributed by atoms with Crippen LogP contribution in [0.5, 0.6) is 5.75 Å². The Morgan fingerprint density at radius 1 is 1.27 bits per heavy atom. The second-order valence-electron chi connectivity index (χ2n) is 2.86. The monoisotopic (exact) mass is 223 g/mol. The van der Waals surface area contributed by atoms with Gasteiger partial charge in [-0.25, -0.2) is 4.39 Å². The Kier molecular flexibility index (Phi) is 3.52. The van der Waals surface area contributed by atoms with Crippen LogP contribution in [0.4, 0.5) is 17.6 Å². The first kappa shape index (κ1) is 11.8. The van der Waals surface area contributed by atoms with Crippen LogP contribution in [0, 0.1) is 5.82 Å². The van der Waals surface area contributed by atoms with Crippen LogP contribution in [0.25, 0.3) is 0 Å². The molecule has 2 N–H and O–H groups in total. The smallest absolute Gasteiger partial charge is 0.422 e. The van der Waals surface area contributed by atoms with Crippen molar-refractivity contribution >= 4 is 0 Å². The number of alkyl halides is 3. The van der Waals surface area contributed by atoms with Crippen molar-refractivity contribution in [2.24, 2.45) is 5.73 Å². The van der Waals surface area contributed by atoms with Crippen LogP contribution in [0.2, 0.25) is 0 Å². The van der Waals surface area contributed by atoms with Gasteiger partial charge in [-0.15, -0.1) is 0 Å². The van der Waals surface area contributed by atoms with E-state index in [-0.39, 0.29) is 17.9 Å². The minimum atomic E-state index is -4.42. The maximum Gasteiger partial charge on any atom is 0.422 e. The Morgan fingerprint density at radius 3 is 2.47 bits per heavy atom. The van der Waals surface area contributed by atoms with Crippen molar-refractivity contribution in [3.8, 4) is 5.75 Å². The Morgan fingerprint density at radius 2 is 1.93 bits per heavy atom. The van der Waals surface area contributed by atoms with Crippen LogP contribution in [0.15, 0.2) is 18.2 Å². The number of hydrogen-bond acceptors (Lipinski definition) is 2. The average molecular weight is 223 g/mol. The van der Waals surface area contributed by atoms with Crippen LogP contribution in [-0.4, -0.2) is 12.8 Å². The molecule has 1 aromatic carbocycles. The van der Waals surface area contributed by atoms with Crippen molar-refractivity contribution in [3.63, 3.8) is 0 Å². The molecule has 0 unspecified atom stereocenters. The molecule has 2 nitrogen and oxygen atoms in total. The molecule has 0 saturated carbocycles. The van der Waals surface area contributed by atoms with E-state index < -0.39 is 18.6 Å². The first-order chi connectivity index (χ1) is 6.92. The van der Waals surface area contributed by atoms with E-state index >= 15 is 0 Å². The van der Waals surface area contributed by atoms with E-state index in [4.69, 9.17) is 5.73 Å². The van der Waals surface area contributed by atoms with Gasteiger partial charge >= 0.3 is 6.18 Å². The molecule has 0 heterocycles. The van der Waals surface area contributed by atoms with Crippen molar-refractivity contribution in [3.05, 3.63) is 29.6 Å². The van der Waals surface area contributed by atoms with E-state index in [0.29, 0.717) is 0 Å². The van der Waals surface area contributed by atoms with E-state index in [9.17, 15) is 17.6 Å². The molecular weight excluding hydrogens is 214 g/mol. The maximum absolute atomic E-state index is 12.7. The quantitative estimate of drug-likeness (QED) is 0.797. The first-order valence-corrected chi connectivity index (χ1v) is 4.10. The van der Waals surface area contributed by atoms with Crippen molar-refractivity contribution in [1.82, 2.24) is 0 Å². The Bertz CT molecular complexity index is 337. The molecule has 0 aromatic heterocycles. The fraction of sp³-hybridized carbons (Fsp3) is 0.333. The lowest BCUT2D eigenvalue weighted by atomic mass is 10.2. The van der Waals surface area contributed by atoms with Crippen molar-refractivity contribution < 1.29 is 22.3 Å². The Hall–Kier alpha value is -1.30. The second-order valence-corrected chi connectivity index (χ2v) is 2.86. The number of hydrogen-bond donors (Lipinski definition) is 1. The van der Waals surface area contributed by atoms with Gasteiger partial charge in [-0.3, -0.25) is 0 Å². The lowest BCUT2D eigenvalue weighted by molar-refractivity contribution is -0.153. The fourth-order valence-corrected chi connectivity index (χ4v) is 1.01. The molecule has 15 heavy (non-hydrogen) atoms. The summed E-state index contributed by atoms with van der Waals surface area (Å²) in [6.45, 7) is -1.49. The Labute approximate surface area is 83.6 Å². The van der Waals surface area contributed by atoms with Gasteiger partial charge in [0, 0.05) is 12.1 Å². The van der Waals surface area contributed by atoms with Crippen LogP contribution in [-0.2, 0) is 6.54 Å². The lowest BCUT2D eigenvalue weighted by Gasteiger charge is -2.12. The normalized spacial score (nSPS) is 11.5. The van der Waals surface area contributed by atoms with E-state index in [1.165, 1.54) is 0 Å². The third-order valence-corrected chi connectivity index (χ3v) is 1.63. The van der Waals surface area contributed by atoms with Crippen molar-refractivity contribution in [1.29, 1.82) is 0 Å². The summed E-state index contributed by atoms with van der Waals surface area (Å²) in [5.74, 6) is -0.606. The van der Waals surface area contributed by atoms with Crippen molar-refractivity contribution in [2.75, 3.05) is 6.61 Å². The summed E-state index contributed by atoms with van der Waals surface area (Å²) in [7, 11) is 0. The van der Waals surface area contributed by atoms with E-state index in [0.717, 1.165) is 18.2 Å². The molecule has 1 aromatic rings. The molecule has 0 aliphatic heterocycles. The highest BCUT2D eigenvalue weighted by Gasteiger charge is 2.28. The summed E-state index contributed by atoms with van der Waals surface area (Å²) in [4.78, 5) is 0. The fourth-order valence-electron chi connectivity index (χ4n) is 1.01. The summed E-state index contributed by atoms with van der Waals surface area (Å²) in [5.41, 5.74) is 5.44. The zero-order valence-electron chi connectivity index (χ0n) is 7.64. The van der Waals surface area contributed by atoms with Crippen LogP contribution in [0.1, 0.15) is 5.56 Å². The molecule has 0 bridgehead atoms. The van der Waals surface area contributed by atoms with Gasteiger partial charge in [0.05, 0.1) is 0 Å². The van der Waals surface area contributed by atoms with Gasteiger partial charge in [0.15, 0.2) is 6.61 Å². The minimum Gasteiger partial charge on any atom is -0.484 e. The molecule has 0 aliphatic rings. The molecular formula is C9H9F4NO. The summed E-state index contributed by atoms with van der Waals surface area (Å²) >= 11 is 0. The molecule has 0 radical (unpaired) electrons. The molecule has 0 fully saturated rings. The molecule has 6 heteroatoms. The summed E-state index contributed by atoms with van der Waals surface area (Å²) < 4.78 is 52.6. The van der Waals surface area contributed by atoms with E-state index in [1.54, 1.807) is 0 Å². The SMILES string of the molecule is NCc1cc(F)ccc1OCC(F)(F)F. The van der Waals surface area contributed by atoms with Gasteiger partial charge in [-0.05, 0) is 18.2 Å². The molecule has 84 valence electrons. The second kappa shape index (κ2) is 4.48. The van der Waals surface area contributed by atoms with Gasteiger partial charge in [0.1, 0.15) is 11.6 Å². The maximum atomic E-state index is 12.7. The van der Waals surface area contributed by atoms with Crippen LogP contribution < -0.4 is 10.5 Å². The number of ether oxygens (including phenoxy) is 1. The lowest BCUT2D eigenvalue weighted by Crippen LogP contribution is -2.20. The van der Waals surface area contributed by atoms with Crippen LogP contribution >= 0.6 is 0 Å². The molecule has 0 spiro atoms. The number of nitrogens with two attached hydrogens (primary N) is 1. The zero-order chi connectivity index (χ0) is 11.5.